The Labute approximate surface area is 160 Å². The van der Waals surface area contributed by atoms with E-state index in [0.29, 0.717) is 23.3 Å². The number of rotatable bonds is 7. The normalized spacial score (nSPS) is 21.2. The Morgan fingerprint density at radius 3 is 2.38 bits per heavy atom. The maximum atomic E-state index is 12.6. The first-order valence-corrected chi connectivity index (χ1v) is 9.89. The summed E-state index contributed by atoms with van der Waals surface area (Å²) in [6, 6.07) is 11.1. The van der Waals surface area contributed by atoms with Gasteiger partial charge in [0.25, 0.3) is 0 Å². The zero-order valence-corrected chi connectivity index (χ0v) is 16.0. The number of Topliss-reactive ketones (excluding diaryl/α,β-unsaturated/α-hetero) is 1. The summed E-state index contributed by atoms with van der Waals surface area (Å²) < 4.78 is 6.06. The van der Waals surface area contributed by atoms with Crippen molar-refractivity contribution in [3.63, 3.8) is 0 Å². The summed E-state index contributed by atoms with van der Waals surface area (Å²) >= 11 is 5.92. The number of benzene rings is 1. The van der Waals surface area contributed by atoms with Crippen LogP contribution in [0.4, 0.5) is 0 Å². The molecule has 0 radical (unpaired) electrons. The Hall–Kier alpha value is -1.87. The number of carbonyl (C=O) groups excluding carboxylic acids is 1. The van der Waals surface area contributed by atoms with Crippen molar-refractivity contribution in [3.8, 4) is 5.75 Å². The monoisotopic (exact) mass is 371 g/mol. The van der Waals surface area contributed by atoms with Gasteiger partial charge in [0.05, 0.1) is 6.10 Å². The second-order valence-corrected chi connectivity index (χ2v) is 7.58. The summed E-state index contributed by atoms with van der Waals surface area (Å²) in [5.41, 5.74) is 0.766. The minimum Gasteiger partial charge on any atom is -0.490 e. The van der Waals surface area contributed by atoms with Gasteiger partial charge in [-0.15, -0.1) is 0 Å². The minimum absolute atomic E-state index is 0.226. The molecule has 0 amide bonds. The Balaban J connectivity index is 1.51. The number of aromatic nitrogens is 1. The Morgan fingerprint density at radius 2 is 1.77 bits per heavy atom. The first-order chi connectivity index (χ1) is 12.7. The number of nitrogens with zero attached hydrogens (tertiary/aromatic N) is 1. The summed E-state index contributed by atoms with van der Waals surface area (Å²) in [5.74, 6) is 2.17. The fourth-order valence-corrected chi connectivity index (χ4v) is 4.05. The number of halogens is 1. The Morgan fingerprint density at radius 1 is 1.12 bits per heavy atom. The molecule has 0 spiro atoms. The van der Waals surface area contributed by atoms with Gasteiger partial charge in [-0.2, -0.15) is 0 Å². The quantitative estimate of drug-likeness (QED) is 0.562. The zero-order valence-electron chi connectivity index (χ0n) is 15.2. The van der Waals surface area contributed by atoms with Crippen molar-refractivity contribution in [1.82, 2.24) is 4.98 Å². The highest BCUT2D eigenvalue weighted by atomic mass is 35.5. The molecule has 0 bridgehead atoms. The summed E-state index contributed by atoms with van der Waals surface area (Å²) in [4.78, 5) is 16.6. The molecular weight excluding hydrogens is 346 g/mol. The van der Waals surface area contributed by atoms with Crippen molar-refractivity contribution in [3.05, 3.63) is 59.4 Å². The molecule has 1 fully saturated rings. The first-order valence-electron chi connectivity index (χ1n) is 9.51. The van der Waals surface area contributed by atoms with Crippen molar-refractivity contribution in [1.29, 1.82) is 0 Å². The van der Waals surface area contributed by atoms with E-state index < -0.39 is 0 Å². The molecule has 0 unspecified atom stereocenters. The van der Waals surface area contributed by atoms with E-state index in [9.17, 15) is 4.79 Å². The third kappa shape index (κ3) is 5.07. The fourth-order valence-electron chi connectivity index (χ4n) is 3.92. The molecule has 0 saturated heterocycles. The van der Waals surface area contributed by atoms with E-state index in [0.717, 1.165) is 43.4 Å². The van der Waals surface area contributed by atoms with E-state index in [1.807, 2.05) is 24.3 Å². The van der Waals surface area contributed by atoms with Crippen LogP contribution in [0.2, 0.25) is 5.02 Å². The number of ether oxygens (including phenoxy) is 1. The van der Waals surface area contributed by atoms with Crippen molar-refractivity contribution in [2.24, 2.45) is 11.8 Å². The molecule has 1 saturated carbocycles. The maximum Gasteiger partial charge on any atom is 0.163 e. The third-order valence-corrected chi connectivity index (χ3v) is 5.73. The highest BCUT2D eigenvalue weighted by Crippen LogP contribution is 2.35. The van der Waals surface area contributed by atoms with Gasteiger partial charge in [0.15, 0.2) is 5.78 Å². The largest absolute Gasteiger partial charge is 0.490 e. The molecule has 3 rings (SSSR count). The van der Waals surface area contributed by atoms with Gasteiger partial charge in [-0.25, -0.2) is 0 Å². The SMILES string of the molecule is CC[C@H](CC(=O)c1ccc(Cl)cc1)C1CCC(Oc2ccncc2)CC1. The average molecular weight is 372 g/mol. The van der Waals surface area contributed by atoms with Crippen LogP contribution >= 0.6 is 11.6 Å². The standard InChI is InChI=1S/C22H26ClNO2/c1-2-16(15-22(25)18-3-7-19(23)8-4-18)17-5-9-20(10-6-17)26-21-11-13-24-14-12-21/h3-4,7-8,11-14,16-17,20H,2,5-6,9-10,15H2,1H3/t16-,17?,20?/m1/s1. The average Bonchev–Trinajstić information content (AvgIpc) is 2.68. The highest BCUT2D eigenvalue weighted by Gasteiger charge is 2.29. The lowest BCUT2D eigenvalue weighted by molar-refractivity contribution is 0.0861. The summed E-state index contributed by atoms with van der Waals surface area (Å²) in [6.45, 7) is 2.19. The molecular formula is C22H26ClNO2. The van der Waals surface area contributed by atoms with Gasteiger partial charge >= 0.3 is 0 Å². The number of pyridine rings is 1. The Bertz CT molecular complexity index is 694. The van der Waals surface area contributed by atoms with Crippen LogP contribution < -0.4 is 4.74 Å². The molecule has 0 aliphatic heterocycles. The molecule has 1 aliphatic carbocycles. The predicted octanol–water partition coefficient (Wildman–Crippen LogP) is 5.97. The van der Waals surface area contributed by atoms with E-state index in [-0.39, 0.29) is 11.9 Å². The summed E-state index contributed by atoms with van der Waals surface area (Å²) in [5, 5.41) is 0.668. The van der Waals surface area contributed by atoms with Gasteiger partial charge in [-0.1, -0.05) is 24.9 Å². The topological polar surface area (TPSA) is 39.2 Å². The second kappa shape index (κ2) is 9.18. The third-order valence-electron chi connectivity index (χ3n) is 5.48. The molecule has 1 heterocycles. The zero-order chi connectivity index (χ0) is 18.4. The molecule has 1 atom stereocenters. The van der Waals surface area contributed by atoms with Crippen molar-refractivity contribution >= 4 is 17.4 Å². The lowest BCUT2D eigenvalue weighted by Gasteiger charge is -2.33. The smallest absolute Gasteiger partial charge is 0.163 e. The highest BCUT2D eigenvalue weighted by molar-refractivity contribution is 6.30. The fraction of sp³-hybridized carbons (Fsp3) is 0.455. The van der Waals surface area contributed by atoms with Crippen molar-refractivity contribution in [2.75, 3.05) is 0 Å². The van der Waals surface area contributed by atoms with E-state index >= 15 is 0 Å². The van der Waals surface area contributed by atoms with E-state index in [4.69, 9.17) is 16.3 Å². The number of hydrogen-bond donors (Lipinski definition) is 0. The number of ketones is 1. The van der Waals surface area contributed by atoms with Crippen LogP contribution in [0.5, 0.6) is 5.75 Å². The molecule has 1 aliphatic rings. The van der Waals surface area contributed by atoms with Crippen LogP contribution in [0.15, 0.2) is 48.8 Å². The Kier molecular flexibility index (Phi) is 6.67. The molecule has 0 N–H and O–H groups in total. The van der Waals surface area contributed by atoms with E-state index in [2.05, 4.69) is 11.9 Å². The summed E-state index contributed by atoms with van der Waals surface area (Å²) in [6.07, 6.45) is 9.82. The lowest BCUT2D eigenvalue weighted by atomic mass is 9.75. The lowest BCUT2D eigenvalue weighted by Crippen LogP contribution is -2.28. The molecule has 26 heavy (non-hydrogen) atoms. The number of hydrogen-bond acceptors (Lipinski definition) is 3. The second-order valence-electron chi connectivity index (χ2n) is 7.14. The van der Waals surface area contributed by atoms with Gasteiger partial charge in [0.2, 0.25) is 0 Å². The molecule has 1 aromatic heterocycles. The van der Waals surface area contributed by atoms with Gasteiger partial charge < -0.3 is 4.74 Å². The van der Waals surface area contributed by atoms with Gasteiger partial charge in [-0.05, 0) is 73.9 Å². The van der Waals surface area contributed by atoms with Crippen LogP contribution in [-0.2, 0) is 0 Å². The van der Waals surface area contributed by atoms with E-state index in [1.165, 1.54) is 0 Å². The molecule has 1 aromatic carbocycles. The van der Waals surface area contributed by atoms with Gasteiger partial charge in [-0.3, -0.25) is 9.78 Å². The predicted molar refractivity (Wildman–Crippen MR) is 105 cm³/mol. The van der Waals surface area contributed by atoms with Crippen LogP contribution in [0.1, 0.15) is 55.8 Å². The maximum absolute atomic E-state index is 12.6. The van der Waals surface area contributed by atoms with Crippen LogP contribution in [-0.4, -0.2) is 16.9 Å². The van der Waals surface area contributed by atoms with Gasteiger partial charge in [0.1, 0.15) is 5.75 Å². The molecule has 4 heteroatoms. The molecule has 3 nitrogen and oxygen atoms in total. The molecule has 138 valence electrons. The van der Waals surface area contributed by atoms with Crippen molar-refractivity contribution in [2.45, 2.75) is 51.6 Å². The number of carbonyl (C=O) groups is 1. The molecule has 2 aromatic rings. The minimum atomic E-state index is 0.226. The van der Waals surface area contributed by atoms with Crippen LogP contribution in [0.3, 0.4) is 0 Å². The van der Waals surface area contributed by atoms with E-state index in [1.54, 1.807) is 24.5 Å². The van der Waals surface area contributed by atoms with Crippen LogP contribution in [0, 0.1) is 11.8 Å². The van der Waals surface area contributed by atoms with Crippen molar-refractivity contribution < 1.29 is 9.53 Å². The first kappa shape index (κ1) is 18.9. The van der Waals surface area contributed by atoms with Crippen LogP contribution in [0.25, 0.3) is 0 Å². The summed E-state index contributed by atoms with van der Waals surface area (Å²) in [7, 11) is 0. The van der Waals surface area contributed by atoms with Gasteiger partial charge in [0, 0.05) is 29.4 Å².